The van der Waals surface area contributed by atoms with Crippen LogP contribution >= 0.6 is 0 Å². The van der Waals surface area contributed by atoms with Crippen LogP contribution in [0.25, 0.3) is 0 Å². The Hall–Kier alpha value is -2.51. The van der Waals surface area contributed by atoms with E-state index in [-0.39, 0.29) is 5.82 Å². The van der Waals surface area contributed by atoms with Gasteiger partial charge in [-0.05, 0) is 30.3 Å². The van der Waals surface area contributed by atoms with Gasteiger partial charge in [0, 0.05) is 0 Å². The third-order valence-corrected chi connectivity index (χ3v) is 5.57. The quantitative estimate of drug-likeness (QED) is 0.664. The van der Waals surface area contributed by atoms with Crippen molar-refractivity contribution in [2.75, 3.05) is 54.6 Å². The van der Waals surface area contributed by atoms with Crippen LogP contribution < -0.4 is 28.7 Å². The summed E-state index contributed by atoms with van der Waals surface area (Å²) < 4.78 is 35.5. The molecular formula is C22H31FN2O4+2. The molecule has 3 rings (SSSR count). The van der Waals surface area contributed by atoms with Gasteiger partial charge in [-0.1, -0.05) is 0 Å². The molecule has 1 aliphatic rings. The van der Waals surface area contributed by atoms with E-state index < -0.39 is 0 Å². The van der Waals surface area contributed by atoms with E-state index in [2.05, 4.69) is 0 Å². The van der Waals surface area contributed by atoms with Crippen molar-refractivity contribution >= 4 is 0 Å². The van der Waals surface area contributed by atoms with E-state index in [1.807, 2.05) is 12.1 Å². The van der Waals surface area contributed by atoms with Gasteiger partial charge in [0.25, 0.3) is 0 Å². The van der Waals surface area contributed by atoms with Crippen molar-refractivity contribution in [2.45, 2.75) is 13.1 Å². The Labute approximate surface area is 171 Å². The Morgan fingerprint density at radius 2 is 1.24 bits per heavy atom. The zero-order valence-electron chi connectivity index (χ0n) is 17.6. The number of methoxy groups -OCH3 is 4. The van der Waals surface area contributed by atoms with Crippen molar-refractivity contribution in [3.63, 3.8) is 0 Å². The van der Waals surface area contributed by atoms with Crippen LogP contribution in [-0.2, 0) is 13.1 Å². The van der Waals surface area contributed by atoms with Gasteiger partial charge in [-0.15, -0.1) is 0 Å². The Kier molecular flexibility index (Phi) is 7.17. The van der Waals surface area contributed by atoms with Gasteiger partial charge in [0.05, 0.1) is 39.6 Å². The first kappa shape index (κ1) is 21.2. The molecule has 2 N–H and O–H groups in total. The minimum atomic E-state index is -0.218. The number of rotatable bonds is 8. The highest BCUT2D eigenvalue weighted by molar-refractivity contribution is 5.55. The Morgan fingerprint density at radius 1 is 0.690 bits per heavy atom. The third kappa shape index (κ3) is 4.92. The van der Waals surface area contributed by atoms with Gasteiger partial charge in [0.1, 0.15) is 50.8 Å². The van der Waals surface area contributed by atoms with Crippen LogP contribution in [0.15, 0.2) is 30.3 Å². The van der Waals surface area contributed by atoms with E-state index in [1.165, 1.54) is 15.9 Å². The number of hydrogen-bond donors (Lipinski definition) is 2. The van der Waals surface area contributed by atoms with E-state index >= 15 is 0 Å². The van der Waals surface area contributed by atoms with Gasteiger partial charge >= 0.3 is 0 Å². The molecule has 0 spiro atoms. The maximum absolute atomic E-state index is 13.6. The molecule has 0 bridgehead atoms. The Balaban J connectivity index is 1.63. The van der Waals surface area contributed by atoms with Gasteiger partial charge in [-0.3, -0.25) is 0 Å². The smallest absolute Gasteiger partial charge is 0.203 e. The molecular weight excluding hydrogens is 375 g/mol. The van der Waals surface area contributed by atoms with Crippen LogP contribution in [0, 0.1) is 5.82 Å². The minimum Gasteiger partial charge on any atom is -0.496 e. The first-order chi connectivity index (χ1) is 14.1. The van der Waals surface area contributed by atoms with Crippen LogP contribution in [0.1, 0.15) is 11.1 Å². The fourth-order valence-corrected chi connectivity index (χ4v) is 4.04. The molecule has 0 aliphatic carbocycles. The van der Waals surface area contributed by atoms with E-state index in [1.54, 1.807) is 40.6 Å². The van der Waals surface area contributed by atoms with E-state index in [9.17, 15) is 4.39 Å². The maximum Gasteiger partial charge on any atom is 0.203 e. The summed E-state index contributed by atoms with van der Waals surface area (Å²) in [6, 6.07) is 8.70. The molecule has 29 heavy (non-hydrogen) atoms. The molecule has 0 amide bonds. The van der Waals surface area contributed by atoms with E-state index in [4.69, 9.17) is 18.9 Å². The van der Waals surface area contributed by atoms with Gasteiger partial charge in [-0.25, -0.2) is 4.39 Å². The fraction of sp³-hybridized carbons (Fsp3) is 0.455. The van der Waals surface area contributed by atoms with Crippen LogP contribution in [-0.4, -0.2) is 54.6 Å². The minimum absolute atomic E-state index is 0.218. The molecule has 2 aromatic carbocycles. The van der Waals surface area contributed by atoms with Gasteiger partial charge in [0.15, 0.2) is 11.5 Å². The maximum atomic E-state index is 13.6. The molecule has 158 valence electrons. The van der Waals surface area contributed by atoms with Crippen LogP contribution in [0.3, 0.4) is 0 Å². The summed E-state index contributed by atoms with van der Waals surface area (Å²) in [4.78, 5) is 2.93. The van der Waals surface area contributed by atoms with Crippen LogP contribution in [0.4, 0.5) is 4.39 Å². The summed E-state index contributed by atoms with van der Waals surface area (Å²) in [5.74, 6) is 2.57. The number of hydrogen-bond acceptors (Lipinski definition) is 4. The molecule has 0 saturated carbocycles. The normalized spacial score (nSPS) is 18.9. The lowest BCUT2D eigenvalue weighted by atomic mass is 10.1. The Bertz CT molecular complexity index is 823. The monoisotopic (exact) mass is 406 g/mol. The summed E-state index contributed by atoms with van der Waals surface area (Å²) >= 11 is 0. The number of quaternary nitrogens is 2. The SMILES string of the molecule is COc1ccc(F)cc1C[NH+]1CC[NH+](Cc2ccc(OC)c(OC)c2OC)CC1. The molecule has 1 heterocycles. The van der Waals surface area contributed by atoms with E-state index in [0.29, 0.717) is 11.5 Å². The number of halogens is 1. The molecule has 1 saturated heterocycles. The zero-order valence-corrected chi connectivity index (χ0v) is 17.6. The van der Waals surface area contributed by atoms with Gasteiger partial charge < -0.3 is 28.7 Å². The predicted octanol–water partition coefficient (Wildman–Crippen LogP) is 0.344. The number of nitrogens with one attached hydrogen (secondary N) is 2. The number of ether oxygens (including phenoxy) is 4. The molecule has 2 aromatic rings. The van der Waals surface area contributed by atoms with E-state index in [0.717, 1.165) is 61.9 Å². The highest BCUT2D eigenvalue weighted by Gasteiger charge is 2.26. The lowest BCUT2D eigenvalue weighted by Crippen LogP contribution is -3.27. The van der Waals surface area contributed by atoms with Crippen LogP contribution in [0.5, 0.6) is 23.0 Å². The van der Waals surface area contributed by atoms with Gasteiger partial charge in [0.2, 0.25) is 5.75 Å². The first-order valence-corrected chi connectivity index (χ1v) is 9.87. The summed E-state index contributed by atoms with van der Waals surface area (Å²) in [7, 11) is 6.53. The average molecular weight is 406 g/mol. The number of benzene rings is 2. The molecule has 6 nitrogen and oxygen atoms in total. The molecule has 1 fully saturated rings. The fourth-order valence-electron chi connectivity index (χ4n) is 4.04. The second kappa shape index (κ2) is 9.80. The standard InChI is InChI=1S/C22H29FN2O4/c1-26-19-8-6-18(23)13-17(19)15-25-11-9-24(10-12-25)14-16-5-7-20(27-2)22(29-4)21(16)28-3/h5-8,13H,9-12,14-15H2,1-4H3/p+2. The topological polar surface area (TPSA) is 45.8 Å². The highest BCUT2D eigenvalue weighted by Crippen LogP contribution is 2.39. The predicted molar refractivity (Wildman–Crippen MR) is 108 cm³/mol. The lowest BCUT2D eigenvalue weighted by Gasteiger charge is -2.30. The van der Waals surface area contributed by atoms with Crippen molar-refractivity contribution in [2.24, 2.45) is 0 Å². The molecule has 1 aliphatic heterocycles. The Morgan fingerprint density at radius 3 is 1.79 bits per heavy atom. The second-order valence-electron chi connectivity index (χ2n) is 7.30. The van der Waals surface area contributed by atoms with Gasteiger partial charge in [-0.2, -0.15) is 0 Å². The highest BCUT2D eigenvalue weighted by atomic mass is 19.1. The van der Waals surface area contributed by atoms with Crippen molar-refractivity contribution in [3.8, 4) is 23.0 Å². The molecule has 0 unspecified atom stereocenters. The molecule has 7 heteroatoms. The third-order valence-electron chi connectivity index (χ3n) is 5.57. The molecule has 0 aromatic heterocycles. The summed E-state index contributed by atoms with van der Waals surface area (Å²) in [6.07, 6.45) is 0. The average Bonchev–Trinajstić information content (AvgIpc) is 2.74. The van der Waals surface area contributed by atoms with Crippen molar-refractivity contribution in [1.82, 2.24) is 0 Å². The zero-order chi connectivity index (χ0) is 20.8. The van der Waals surface area contributed by atoms with Crippen molar-refractivity contribution in [3.05, 3.63) is 47.3 Å². The molecule has 0 radical (unpaired) electrons. The summed E-state index contributed by atoms with van der Waals surface area (Å²) in [5.41, 5.74) is 2.03. The van der Waals surface area contributed by atoms with Crippen LogP contribution in [0.2, 0.25) is 0 Å². The summed E-state index contributed by atoms with van der Waals surface area (Å²) in [6.45, 7) is 5.73. The summed E-state index contributed by atoms with van der Waals surface area (Å²) in [5, 5.41) is 0. The number of piperazine rings is 1. The lowest BCUT2D eigenvalue weighted by molar-refractivity contribution is -1.02. The first-order valence-electron chi connectivity index (χ1n) is 9.87. The largest absolute Gasteiger partial charge is 0.496 e. The van der Waals surface area contributed by atoms with Crippen molar-refractivity contribution in [1.29, 1.82) is 0 Å². The second-order valence-corrected chi connectivity index (χ2v) is 7.30. The molecule has 0 atom stereocenters. The van der Waals surface area contributed by atoms with Crippen molar-refractivity contribution < 1.29 is 33.1 Å².